The van der Waals surface area contributed by atoms with E-state index in [2.05, 4.69) is 15.0 Å². The van der Waals surface area contributed by atoms with Crippen LogP contribution in [0.2, 0.25) is 5.02 Å². The fraction of sp³-hybridized carbons (Fsp3) is 0.286. The molecule has 1 atom stereocenters. The molecule has 0 amide bonds. The summed E-state index contributed by atoms with van der Waals surface area (Å²) >= 11 is 7.73. The van der Waals surface area contributed by atoms with E-state index >= 15 is 0 Å². The largest absolute Gasteiger partial charge is 0.481 e. The van der Waals surface area contributed by atoms with Gasteiger partial charge in [0.05, 0.1) is 24.2 Å². The van der Waals surface area contributed by atoms with Gasteiger partial charge in [0.15, 0.2) is 11.0 Å². The van der Waals surface area contributed by atoms with E-state index in [1.165, 1.54) is 6.92 Å². The Balaban J connectivity index is 1.74. The van der Waals surface area contributed by atoms with E-state index < -0.39 is 11.9 Å². The minimum absolute atomic E-state index is 0.00539. The molecule has 0 unspecified atom stereocenters. The van der Waals surface area contributed by atoms with Gasteiger partial charge in [-0.2, -0.15) is 9.97 Å². The average molecular weight is 459 g/mol. The van der Waals surface area contributed by atoms with Gasteiger partial charge in [-0.05, 0) is 34.9 Å². The van der Waals surface area contributed by atoms with E-state index in [0.29, 0.717) is 29.6 Å². The Bertz CT molecular complexity index is 1200. The number of ether oxygens (including phenoxy) is 1. The van der Waals surface area contributed by atoms with Crippen molar-refractivity contribution in [1.29, 1.82) is 0 Å². The van der Waals surface area contributed by atoms with Gasteiger partial charge in [-0.15, -0.1) is 0 Å². The van der Waals surface area contributed by atoms with Crippen molar-refractivity contribution >= 4 is 51.8 Å². The number of hydrogen-bond acceptors (Lipinski definition) is 8. The Kier molecular flexibility index (Phi) is 6.08. The predicted octanol–water partition coefficient (Wildman–Crippen LogP) is 3.73. The van der Waals surface area contributed by atoms with Crippen LogP contribution in [-0.2, 0) is 27.5 Å². The Morgan fingerprint density at radius 1 is 1.26 bits per heavy atom. The van der Waals surface area contributed by atoms with Crippen LogP contribution in [0.1, 0.15) is 24.5 Å². The molecule has 0 fully saturated rings. The molecule has 0 saturated heterocycles. The summed E-state index contributed by atoms with van der Waals surface area (Å²) in [6.45, 7) is 2.35. The minimum atomic E-state index is -1.04. The molecule has 31 heavy (non-hydrogen) atoms. The molecule has 3 aromatic rings. The maximum absolute atomic E-state index is 11.4. The molecule has 0 bridgehead atoms. The fourth-order valence-corrected chi connectivity index (χ4v) is 4.87. The van der Waals surface area contributed by atoms with Crippen LogP contribution in [0.3, 0.4) is 0 Å². The molecule has 0 aliphatic carbocycles. The van der Waals surface area contributed by atoms with E-state index in [4.69, 9.17) is 22.1 Å². The van der Waals surface area contributed by atoms with Crippen LogP contribution in [0.25, 0.3) is 22.2 Å². The lowest BCUT2D eigenvalue weighted by atomic mass is 9.94. The smallest absolute Gasteiger partial charge is 0.307 e. The summed E-state index contributed by atoms with van der Waals surface area (Å²) < 4.78 is 5.63. The number of aromatic nitrogens is 3. The third-order valence-electron chi connectivity index (χ3n) is 4.95. The zero-order valence-corrected chi connectivity index (χ0v) is 18.2. The van der Waals surface area contributed by atoms with Gasteiger partial charge in [-0.25, -0.2) is 4.98 Å². The second-order valence-electron chi connectivity index (χ2n) is 7.28. The van der Waals surface area contributed by atoms with Crippen LogP contribution in [0, 0.1) is 5.92 Å². The molecule has 10 heteroatoms. The summed E-state index contributed by atoms with van der Waals surface area (Å²) in [4.78, 5) is 35.7. The van der Waals surface area contributed by atoms with E-state index in [1.54, 1.807) is 0 Å². The topological polar surface area (TPSA) is 128 Å². The minimum Gasteiger partial charge on any atom is -0.481 e. The molecule has 1 aliphatic heterocycles. The van der Waals surface area contributed by atoms with Gasteiger partial charge in [0.2, 0.25) is 5.95 Å². The molecule has 0 saturated carbocycles. The molecule has 160 valence electrons. The molecular weight excluding hydrogens is 440 g/mol. The van der Waals surface area contributed by atoms with Gasteiger partial charge in [0.25, 0.3) is 0 Å². The number of Topliss-reactive ketones (excluding diaryl/α,β-unsaturated/α-hetero) is 1. The lowest BCUT2D eigenvalue weighted by Crippen LogP contribution is -2.19. The maximum atomic E-state index is 11.4. The number of ketones is 1. The number of halogens is 1. The van der Waals surface area contributed by atoms with Crippen molar-refractivity contribution in [1.82, 2.24) is 15.0 Å². The van der Waals surface area contributed by atoms with Crippen LogP contribution in [0.15, 0.2) is 29.4 Å². The van der Waals surface area contributed by atoms with Gasteiger partial charge in [-0.3, -0.25) is 4.79 Å². The quantitative estimate of drug-likeness (QED) is 0.508. The van der Waals surface area contributed by atoms with Crippen LogP contribution < -0.4 is 5.73 Å². The van der Waals surface area contributed by atoms with Crippen molar-refractivity contribution in [3.05, 3.63) is 40.4 Å². The normalized spacial score (nSPS) is 13.9. The predicted molar refractivity (Wildman–Crippen MR) is 118 cm³/mol. The van der Waals surface area contributed by atoms with Gasteiger partial charge in [0, 0.05) is 17.7 Å². The summed E-state index contributed by atoms with van der Waals surface area (Å²) in [6.07, 6.45) is -0.0570. The Labute approximate surface area is 187 Å². The third kappa shape index (κ3) is 4.48. The lowest BCUT2D eigenvalue weighted by molar-refractivity contribution is -0.142. The van der Waals surface area contributed by atoms with Crippen LogP contribution in [0.5, 0.6) is 0 Å². The highest BCUT2D eigenvalue weighted by Gasteiger charge is 2.23. The first-order chi connectivity index (χ1) is 14.8. The standard InChI is InChI=1S/C21H19ClN4O4S/c1-10(27)5-13(19(28)29)9-31-21-25-18(24-20(23)26-21)17-14-4-2-3-11-7-30-8-12(16(11)14)6-15(17)22/h2-4,6,13H,5,7-9H2,1H3,(H,28,29)(H2,23,24,25,26)/t13-/m0/s1. The average Bonchev–Trinajstić information content (AvgIpc) is 2.70. The molecule has 0 spiro atoms. The van der Waals surface area contributed by atoms with Gasteiger partial charge in [0.1, 0.15) is 5.78 Å². The lowest BCUT2D eigenvalue weighted by Gasteiger charge is -2.20. The number of carboxylic acids is 1. The van der Waals surface area contributed by atoms with Gasteiger partial charge >= 0.3 is 5.97 Å². The maximum Gasteiger partial charge on any atom is 0.307 e. The zero-order chi connectivity index (χ0) is 22.1. The molecule has 0 radical (unpaired) electrons. The second-order valence-corrected chi connectivity index (χ2v) is 8.67. The number of aliphatic carboxylic acids is 1. The summed E-state index contributed by atoms with van der Waals surface area (Å²) in [5.41, 5.74) is 8.62. The van der Waals surface area contributed by atoms with Gasteiger partial charge in [-0.1, -0.05) is 41.6 Å². The highest BCUT2D eigenvalue weighted by Crippen LogP contribution is 2.39. The number of carbonyl (C=O) groups excluding carboxylic acids is 1. The summed E-state index contributed by atoms with van der Waals surface area (Å²) in [5.74, 6) is -1.62. The molecule has 3 N–H and O–H groups in total. The number of nitrogens with two attached hydrogens (primary N) is 1. The molecule has 2 aromatic carbocycles. The highest BCUT2D eigenvalue weighted by molar-refractivity contribution is 7.99. The van der Waals surface area contributed by atoms with E-state index in [0.717, 1.165) is 33.7 Å². The Hall–Kier alpha value is -2.75. The van der Waals surface area contributed by atoms with Crippen molar-refractivity contribution in [2.24, 2.45) is 5.92 Å². The van der Waals surface area contributed by atoms with E-state index in [1.807, 2.05) is 24.3 Å². The first kappa shape index (κ1) is 21.5. The summed E-state index contributed by atoms with van der Waals surface area (Å²) in [6, 6.07) is 7.74. The second kappa shape index (κ2) is 8.78. The number of carboxylic acid groups (broad SMARTS) is 1. The van der Waals surface area contributed by atoms with Crippen LogP contribution in [0.4, 0.5) is 5.95 Å². The number of carbonyl (C=O) groups is 2. The van der Waals surface area contributed by atoms with Crippen molar-refractivity contribution < 1.29 is 19.4 Å². The van der Waals surface area contributed by atoms with Crippen LogP contribution in [-0.4, -0.2) is 37.6 Å². The highest BCUT2D eigenvalue weighted by atomic mass is 35.5. The fourth-order valence-electron chi connectivity index (χ4n) is 3.63. The Morgan fingerprint density at radius 2 is 2.03 bits per heavy atom. The van der Waals surface area contributed by atoms with Crippen LogP contribution >= 0.6 is 23.4 Å². The monoisotopic (exact) mass is 458 g/mol. The number of rotatable bonds is 7. The third-order valence-corrected chi connectivity index (χ3v) is 6.26. The molecule has 4 rings (SSSR count). The van der Waals surface area contributed by atoms with Gasteiger partial charge < -0.3 is 20.4 Å². The van der Waals surface area contributed by atoms with E-state index in [9.17, 15) is 14.7 Å². The number of nitrogens with zero attached hydrogens (tertiary/aromatic N) is 3. The number of nitrogen functional groups attached to an aromatic ring is 1. The van der Waals surface area contributed by atoms with Crippen molar-refractivity contribution in [3.63, 3.8) is 0 Å². The number of thioether (sulfide) groups is 1. The number of benzene rings is 2. The Morgan fingerprint density at radius 3 is 2.77 bits per heavy atom. The molecule has 8 nitrogen and oxygen atoms in total. The number of hydrogen-bond donors (Lipinski definition) is 2. The summed E-state index contributed by atoms with van der Waals surface area (Å²) in [7, 11) is 0. The molecule has 1 aliphatic rings. The number of anilines is 1. The van der Waals surface area contributed by atoms with Crippen molar-refractivity contribution in [2.45, 2.75) is 31.7 Å². The summed E-state index contributed by atoms with van der Waals surface area (Å²) in [5, 5.41) is 12.0. The van der Waals surface area contributed by atoms with E-state index in [-0.39, 0.29) is 29.1 Å². The molecular formula is C21H19ClN4O4S. The first-order valence-corrected chi connectivity index (χ1v) is 10.9. The SMILES string of the molecule is CC(=O)C[C@@H](CSc1nc(N)nc(-c2c(Cl)cc3c4c(cccc24)COC3)n1)C(=O)O. The zero-order valence-electron chi connectivity index (χ0n) is 16.6. The van der Waals surface area contributed by atoms with Crippen molar-refractivity contribution in [3.8, 4) is 11.4 Å². The first-order valence-electron chi connectivity index (χ1n) is 9.51. The molecule has 2 heterocycles. The molecule has 1 aromatic heterocycles. The van der Waals surface area contributed by atoms with Crippen molar-refractivity contribution in [2.75, 3.05) is 11.5 Å².